The van der Waals surface area contributed by atoms with Crippen LogP contribution in [0.15, 0.2) is 42.5 Å². The van der Waals surface area contributed by atoms with Crippen LogP contribution in [0.25, 0.3) is 0 Å². The summed E-state index contributed by atoms with van der Waals surface area (Å²) in [6, 6.07) is 11.7. The molecule has 0 heterocycles. The molecule has 0 amide bonds. The number of ether oxygens (including phenoxy) is 1. The van der Waals surface area contributed by atoms with Crippen molar-refractivity contribution in [3.63, 3.8) is 0 Å². The van der Waals surface area contributed by atoms with E-state index in [9.17, 15) is 14.9 Å². The highest BCUT2D eigenvalue weighted by Gasteiger charge is 2.11. The molecule has 0 bridgehead atoms. The van der Waals surface area contributed by atoms with Gasteiger partial charge in [0.05, 0.1) is 10.5 Å². The van der Waals surface area contributed by atoms with E-state index in [-0.39, 0.29) is 11.3 Å². The summed E-state index contributed by atoms with van der Waals surface area (Å²) in [5.41, 5.74) is 0.999. The topological polar surface area (TPSA) is 69.4 Å². The van der Waals surface area contributed by atoms with Gasteiger partial charge in [-0.2, -0.15) is 0 Å². The average Bonchev–Trinajstić information content (AvgIpc) is 2.46. The second-order valence-corrected chi connectivity index (χ2v) is 5.26. The Bertz CT molecular complexity index is 640. The number of carbonyl (C=O) groups is 1. The van der Waals surface area contributed by atoms with E-state index < -0.39 is 4.92 Å². The van der Waals surface area contributed by atoms with E-state index >= 15 is 0 Å². The molecular formula is C14H10INO4. The molecule has 0 spiro atoms. The van der Waals surface area contributed by atoms with Crippen LogP contribution in [-0.4, -0.2) is 11.2 Å². The van der Waals surface area contributed by atoms with Crippen LogP contribution in [0.5, 0.6) is 5.75 Å². The van der Waals surface area contributed by atoms with E-state index in [1.54, 1.807) is 0 Å². The molecule has 0 aliphatic carbocycles. The molecule has 102 valence electrons. The predicted molar refractivity (Wildman–Crippen MR) is 82.0 cm³/mol. The van der Waals surface area contributed by atoms with Crippen LogP contribution in [-0.2, 0) is 6.61 Å². The van der Waals surface area contributed by atoms with Crippen molar-refractivity contribution in [2.24, 2.45) is 0 Å². The van der Waals surface area contributed by atoms with Gasteiger partial charge in [0.1, 0.15) is 12.4 Å². The monoisotopic (exact) mass is 383 g/mol. The van der Waals surface area contributed by atoms with Gasteiger partial charge in [-0.1, -0.05) is 12.1 Å². The van der Waals surface area contributed by atoms with Crippen molar-refractivity contribution < 1.29 is 14.5 Å². The maximum absolute atomic E-state index is 11.0. The van der Waals surface area contributed by atoms with Crippen LogP contribution >= 0.6 is 22.6 Å². The summed E-state index contributed by atoms with van der Waals surface area (Å²) in [6.07, 6.45) is 0.552. The molecular weight excluding hydrogens is 373 g/mol. The van der Waals surface area contributed by atoms with Gasteiger partial charge in [0.2, 0.25) is 0 Å². The van der Waals surface area contributed by atoms with Crippen molar-refractivity contribution in [3.05, 3.63) is 67.3 Å². The summed E-state index contributed by atoms with van der Waals surface area (Å²) >= 11 is 2.21. The Hall–Kier alpha value is -1.96. The number of aldehydes is 1. The summed E-state index contributed by atoms with van der Waals surface area (Å²) in [7, 11) is 0. The van der Waals surface area contributed by atoms with Gasteiger partial charge in [0, 0.05) is 15.7 Å². The lowest BCUT2D eigenvalue weighted by Gasteiger charge is -2.08. The Kier molecular flexibility index (Phi) is 4.67. The molecule has 0 fully saturated rings. The quantitative estimate of drug-likeness (QED) is 0.343. The standard InChI is InChI=1S/C14H10INO4/c15-12-3-1-10(2-4-12)9-20-14-6-5-13(16(18)19)7-11(14)8-17/h1-8H,9H2. The van der Waals surface area contributed by atoms with E-state index in [2.05, 4.69) is 22.6 Å². The molecule has 0 aliphatic heterocycles. The van der Waals surface area contributed by atoms with Gasteiger partial charge in [-0.05, 0) is 46.4 Å². The minimum Gasteiger partial charge on any atom is -0.488 e. The van der Waals surface area contributed by atoms with Gasteiger partial charge < -0.3 is 4.74 Å². The third-order valence-electron chi connectivity index (χ3n) is 2.64. The van der Waals surface area contributed by atoms with Crippen molar-refractivity contribution >= 4 is 34.6 Å². The van der Waals surface area contributed by atoms with Gasteiger partial charge >= 0.3 is 0 Å². The van der Waals surface area contributed by atoms with Gasteiger partial charge in [-0.3, -0.25) is 14.9 Å². The summed E-state index contributed by atoms with van der Waals surface area (Å²) in [5, 5.41) is 10.6. The highest BCUT2D eigenvalue weighted by Crippen LogP contribution is 2.23. The molecule has 2 aromatic rings. The lowest BCUT2D eigenvalue weighted by molar-refractivity contribution is -0.384. The predicted octanol–water partition coefficient (Wildman–Crippen LogP) is 3.59. The van der Waals surface area contributed by atoms with E-state index in [0.717, 1.165) is 9.13 Å². The lowest BCUT2D eigenvalue weighted by atomic mass is 10.2. The SMILES string of the molecule is O=Cc1cc([N+](=O)[O-])ccc1OCc1ccc(I)cc1. The van der Waals surface area contributed by atoms with Crippen molar-refractivity contribution in [2.45, 2.75) is 6.61 Å². The first kappa shape index (κ1) is 14.4. The van der Waals surface area contributed by atoms with Gasteiger partial charge in [0.15, 0.2) is 6.29 Å². The molecule has 0 aromatic heterocycles. The fraction of sp³-hybridized carbons (Fsp3) is 0.0714. The zero-order chi connectivity index (χ0) is 14.5. The summed E-state index contributed by atoms with van der Waals surface area (Å²) < 4.78 is 6.65. The third-order valence-corrected chi connectivity index (χ3v) is 3.36. The third kappa shape index (κ3) is 3.53. The Labute approximate surface area is 128 Å². The molecule has 0 atom stereocenters. The van der Waals surface area contributed by atoms with Crippen LogP contribution in [0.2, 0.25) is 0 Å². The molecule has 0 saturated carbocycles. The summed E-state index contributed by atoms with van der Waals surface area (Å²) in [4.78, 5) is 21.0. The number of nitro groups is 1. The number of halogens is 1. The summed E-state index contributed by atoms with van der Waals surface area (Å²) in [6.45, 7) is 0.301. The second kappa shape index (κ2) is 6.47. The van der Waals surface area contributed by atoms with Gasteiger partial charge in [-0.15, -0.1) is 0 Å². The Morgan fingerprint density at radius 2 is 1.90 bits per heavy atom. The molecule has 0 aliphatic rings. The van der Waals surface area contributed by atoms with Crippen molar-refractivity contribution in [1.82, 2.24) is 0 Å². The first-order valence-electron chi connectivity index (χ1n) is 5.71. The normalized spacial score (nSPS) is 10.1. The number of nitrogens with zero attached hydrogens (tertiary/aromatic N) is 1. The molecule has 0 N–H and O–H groups in total. The van der Waals surface area contributed by atoms with E-state index in [0.29, 0.717) is 18.6 Å². The fourth-order valence-corrected chi connectivity index (χ4v) is 1.97. The Balaban J connectivity index is 2.14. The molecule has 2 aromatic carbocycles. The zero-order valence-electron chi connectivity index (χ0n) is 10.3. The maximum Gasteiger partial charge on any atom is 0.270 e. The van der Waals surface area contributed by atoms with Crippen LogP contribution in [0.1, 0.15) is 15.9 Å². The number of non-ortho nitro benzene ring substituents is 1. The number of carbonyl (C=O) groups excluding carboxylic acids is 1. The second-order valence-electron chi connectivity index (χ2n) is 4.01. The van der Waals surface area contributed by atoms with Crippen LogP contribution in [0.3, 0.4) is 0 Å². The highest BCUT2D eigenvalue weighted by atomic mass is 127. The van der Waals surface area contributed by atoms with Crippen molar-refractivity contribution in [2.75, 3.05) is 0 Å². The molecule has 6 heteroatoms. The molecule has 5 nitrogen and oxygen atoms in total. The minimum atomic E-state index is -0.546. The van der Waals surface area contributed by atoms with Gasteiger partial charge in [0.25, 0.3) is 5.69 Å². The summed E-state index contributed by atoms with van der Waals surface area (Å²) in [5.74, 6) is 0.337. The Morgan fingerprint density at radius 3 is 2.50 bits per heavy atom. The van der Waals surface area contributed by atoms with Crippen LogP contribution < -0.4 is 4.74 Å². The van der Waals surface area contributed by atoms with E-state index in [1.165, 1.54) is 18.2 Å². The van der Waals surface area contributed by atoms with Crippen molar-refractivity contribution in [3.8, 4) is 5.75 Å². The molecule has 2 rings (SSSR count). The maximum atomic E-state index is 11.0. The first-order valence-corrected chi connectivity index (χ1v) is 6.79. The number of hydrogen-bond donors (Lipinski definition) is 0. The number of nitro benzene ring substituents is 1. The smallest absolute Gasteiger partial charge is 0.270 e. The molecule has 0 saturated heterocycles. The largest absolute Gasteiger partial charge is 0.488 e. The van der Waals surface area contributed by atoms with Gasteiger partial charge in [-0.25, -0.2) is 0 Å². The number of rotatable bonds is 5. The number of hydrogen-bond acceptors (Lipinski definition) is 4. The molecule has 0 unspecified atom stereocenters. The number of benzene rings is 2. The zero-order valence-corrected chi connectivity index (χ0v) is 12.4. The van der Waals surface area contributed by atoms with Crippen LogP contribution in [0.4, 0.5) is 5.69 Å². The van der Waals surface area contributed by atoms with E-state index in [1.807, 2.05) is 24.3 Å². The molecule has 0 radical (unpaired) electrons. The fourth-order valence-electron chi connectivity index (χ4n) is 1.61. The van der Waals surface area contributed by atoms with E-state index in [4.69, 9.17) is 4.74 Å². The lowest BCUT2D eigenvalue weighted by Crippen LogP contribution is -1.99. The minimum absolute atomic E-state index is 0.131. The Morgan fingerprint density at radius 1 is 1.20 bits per heavy atom. The first-order chi connectivity index (χ1) is 9.60. The average molecular weight is 383 g/mol. The van der Waals surface area contributed by atoms with Crippen molar-refractivity contribution in [1.29, 1.82) is 0 Å². The highest BCUT2D eigenvalue weighted by molar-refractivity contribution is 14.1. The molecule has 20 heavy (non-hydrogen) atoms. The van der Waals surface area contributed by atoms with Crippen LogP contribution in [0, 0.1) is 13.7 Å².